The number of rotatable bonds is 4. The first kappa shape index (κ1) is 13.3. The Hall–Kier alpha value is -1.39. The van der Waals surface area contributed by atoms with Crippen molar-refractivity contribution in [2.75, 3.05) is 19.6 Å². The van der Waals surface area contributed by atoms with Crippen LogP contribution in [0.25, 0.3) is 11.0 Å². The molecule has 3 fully saturated rings. The Kier molecular flexibility index (Phi) is 3.43. The zero-order chi connectivity index (χ0) is 14.2. The average Bonchev–Trinajstić information content (AvgIpc) is 2.91. The Labute approximate surface area is 126 Å². The maximum absolute atomic E-state index is 4.82. The molecule has 4 heterocycles. The standard InChI is InChI=1S/C17H24N4/c1-2-21-16-6-4-3-5-14(16)19-17(21)11-18-15-12-20-9-7-13(15)8-10-20/h3-6,13,15,18H,2,7-12H2,1H3. The lowest BCUT2D eigenvalue weighted by Gasteiger charge is -2.45. The summed E-state index contributed by atoms with van der Waals surface area (Å²) in [6.07, 6.45) is 2.73. The normalized spacial score (nSPS) is 28.3. The van der Waals surface area contributed by atoms with Gasteiger partial charge in [0.05, 0.1) is 17.6 Å². The number of imidazole rings is 1. The summed E-state index contributed by atoms with van der Waals surface area (Å²) < 4.78 is 2.34. The van der Waals surface area contributed by atoms with E-state index < -0.39 is 0 Å². The van der Waals surface area contributed by atoms with Gasteiger partial charge in [0.2, 0.25) is 0 Å². The average molecular weight is 284 g/mol. The molecule has 3 aliphatic heterocycles. The third kappa shape index (κ3) is 2.36. The van der Waals surface area contributed by atoms with E-state index >= 15 is 0 Å². The molecule has 1 aromatic carbocycles. The minimum atomic E-state index is 0.651. The summed E-state index contributed by atoms with van der Waals surface area (Å²) in [5.74, 6) is 2.05. The van der Waals surface area contributed by atoms with E-state index in [9.17, 15) is 0 Å². The molecular formula is C17H24N4. The second-order valence-electron chi connectivity index (χ2n) is 6.39. The quantitative estimate of drug-likeness (QED) is 0.935. The molecule has 1 unspecified atom stereocenters. The lowest BCUT2D eigenvalue weighted by Crippen LogP contribution is -2.55. The number of para-hydroxylation sites is 2. The monoisotopic (exact) mass is 284 g/mol. The van der Waals surface area contributed by atoms with Crippen molar-refractivity contribution >= 4 is 11.0 Å². The zero-order valence-corrected chi connectivity index (χ0v) is 12.8. The van der Waals surface area contributed by atoms with Gasteiger partial charge in [0.15, 0.2) is 0 Å². The highest BCUT2D eigenvalue weighted by atomic mass is 15.2. The molecule has 2 bridgehead atoms. The topological polar surface area (TPSA) is 33.1 Å². The number of aryl methyl sites for hydroxylation is 1. The lowest BCUT2D eigenvalue weighted by atomic mass is 9.84. The molecular weight excluding hydrogens is 260 g/mol. The summed E-state index contributed by atoms with van der Waals surface area (Å²) in [6.45, 7) is 7.89. The molecule has 0 radical (unpaired) electrons. The summed E-state index contributed by atoms with van der Waals surface area (Å²) in [5, 5.41) is 3.78. The molecule has 4 heteroatoms. The van der Waals surface area contributed by atoms with Crippen molar-refractivity contribution in [3.8, 4) is 0 Å². The van der Waals surface area contributed by atoms with E-state index in [1.165, 1.54) is 43.8 Å². The molecule has 0 amide bonds. The Morgan fingerprint density at radius 2 is 2.05 bits per heavy atom. The zero-order valence-electron chi connectivity index (χ0n) is 12.8. The lowest BCUT2D eigenvalue weighted by molar-refractivity contribution is 0.0715. The van der Waals surface area contributed by atoms with Crippen molar-refractivity contribution in [2.45, 2.75) is 38.9 Å². The number of benzene rings is 1. The number of piperidine rings is 3. The molecule has 0 spiro atoms. The molecule has 3 saturated heterocycles. The molecule has 2 aromatic rings. The van der Waals surface area contributed by atoms with Crippen molar-refractivity contribution < 1.29 is 0 Å². The van der Waals surface area contributed by atoms with Gasteiger partial charge in [-0.15, -0.1) is 0 Å². The third-order valence-electron chi connectivity index (χ3n) is 5.23. The highest BCUT2D eigenvalue weighted by molar-refractivity contribution is 5.75. The van der Waals surface area contributed by atoms with Gasteiger partial charge in [-0.1, -0.05) is 12.1 Å². The highest BCUT2D eigenvalue weighted by Gasteiger charge is 2.33. The molecule has 21 heavy (non-hydrogen) atoms. The highest BCUT2D eigenvalue weighted by Crippen LogP contribution is 2.27. The summed E-state index contributed by atoms with van der Waals surface area (Å²) >= 11 is 0. The van der Waals surface area contributed by atoms with Crippen LogP contribution in [0, 0.1) is 5.92 Å². The molecule has 0 aliphatic carbocycles. The Morgan fingerprint density at radius 1 is 1.24 bits per heavy atom. The minimum Gasteiger partial charge on any atom is -0.327 e. The van der Waals surface area contributed by atoms with Crippen molar-refractivity contribution in [3.63, 3.8) is 0 Å². The van der Waals surface area contributed by atoms with Crippen molar-refractivity contribution in [1.82, 2.24) is 19.8 Å². The summed E-state index contributed by atoms with van der Waals surface area (Å²) in [5.41, 5.74) is 2.37. The van der Waals surface area contributed by atoms with Crippen LogP contribution in [0.3, 0.4) is 0 Å². The second-order valence-corrected chi connectivity index (χ2v) is 6.39. The van der Waals surface area contributed by atoms with Crippen LogP contribution in [-0.2, 0) is 13.1 Å². The van der Waals surface area contributed by atoms with E-state index in [-0.39, 0.29) is 0 Å². The van der Waals surface area contributed by atoms with Gasteiger partial charge < -0.3 is 14.8 Å². The molecule has 0 saturated carbocycles. The van der Waals surface area contributed by atoms with E-state index in [2.05, 4.69) is 46.0 Å². The molecule has 1 N–H and O–H groups in total. The Bertz CT molecular complexity index is 625. The van der Waals surface area contributed by atoms with Gasteiger partial charge in [0.1, 0.15) is 5.82 Å². The molecule has 3 aliphatic rings. The molecule has 1 atom stereocenters. The van der Waals surface area contributed by atoms with Crippen LogP contribution in [0.1, 0.15) is 25.6 Å². The van der Waals surface area contributed by atoms with Crippen LogP contribution in [0.4, 0.5) is 0 Å². The van der Waals surface area contributed by atoms with Gasteiger partial charge in [-0.3, -0.25) is 0 Å². The van der Waals surface area contributed by atoms with Crippen LogP contribution in [-0.4, -0.2) is 40.1 Å². The molecule has 1 aromatic heterocycles. The van der Waals surface area contributed by atoms with E-state index in [1.807, 2.05) is 0 Å². The fourth-order valence-corrected chi connectivity index (χ4v) is 4.03. The fourth-order valence-electron chi connectivity index (χ4n) is 4.03. The maximum atomic E-state index is 4.82. The Balaban J connectivity index is 1.52. The number of hydrogen-bond acceptors (Lipinski definition) is 3. The summed E-state index contributed by atoms with van der Waals surface area (Å²) in [4.78, 5) is 7.41. The number of nitrogens with zero attached hydrogens (tertiary/aromatic N) is 3. The van der Waals surface area contributed by atoms with Crippen molar-refractivity contribution in [3.05, 3.63) is 30.1 Å². The first-order chi connectivity index (χ1) is 10.3. The SMILES string of the molecule is CCn1c(CNC2CN3CCC2CC3)nc2ccccc21. The number of nitrogens with one attached hydrogen (secondary N) is 1. The molecule has 5 rings (SSSR count). The Morgan fingerprint density at radius 3 is 2.76 bits per heavy atom. The largest absolute Gasteiger partial charge is 0.327 e. The van der Waals surface area contributed by atoms with Gasteiger partial charge >= 0.3 is 0 Å². The van der Waals surface area contributed by atoms with Crippen LogP contribution in [0.5, 0.6) is 0 Å². The van der Waals surface area contributed by atoms with Crippen molar-refractivity contribution in [1.29, 1.82) is 0 Å². The second kappa shape index (κ2) is 5.43. The van der Waals surface area contributed by atoms with Gasteiger partial charge in [-0.05, 0) is 50.9 Å². The third-order valence-corrected chi connectivity index (χ3v) is 5.23. The van der Waals surface area contributed by atoms with Crippen LogP contribution >= 0.6 is 0 Å². The smallest absolute Gasteiger partial charge is 0.123 e. The first-order valence-corrected chi connectivity index (χ1v) is 8.25. The maximum Gasteiger partial charge on any atom is 0.123 e. The number of fused-ring (bicyclic) bond motifs is 4. The van der Waals surface area contributed by atoms with Gasteiger partial charge in [-0.25, -0.2) is 4.98 Å². The van der Waals surface area contributed by atoms with E-state index in [0.717, 1.165) is 24.5 Å². The fraction of sp³-hybridized carbons (Fsp3) is 0.588. The first-order valence-electron chi connectivity index (χ1n) is 8.25. The molecule has 112 valence electrons. The van der Waals surface area contributed by atoms with Crippen LogP contribution in [0.15, 0.2) is 24.3 Å². The van der Waals surface area contributed by atoms with E-state index in [0.29, 0.717) is 6.04 Å². The molecule has 4 nitrogen and oxygen atoms in total. The summed E-state index contributed by atoms with van der Waals surface area (Å²) in [7, 11) is 0. The van der Waals surface area contributed by atoms with Gasteiger partial charge in [0, 0.05) is 19.1 Å². The van der Waals surface area contributed by atoms with Gasteiger partial charge in [-0.2, -0.15) is 0 Å². The number of aromatic nitrogens is 2. The van der Waals surface area contributed by atoms with Crippen LogP contribution in [0.2, 0.25) is 0 Å². The van der Waals surface area contributed by atoms with Crippen molar-refractivity contribution in [2.24, 2.45) is 5.92 Å². The predicted molar refractivity (Wildman–Crippen MR) is 85.2 cm³/mol. The predicted octanol–water partition coefficient (Wildman–Crippen LogP) is 2.24. The van der Waals surface area contributed by atoms with E-state index in [1.54, 1.807) is 0 Å². The van der Waals surface area contributed by atoms with Crippen LogP contribution < -0.4 is 5.32 Å². The van der Waals surface area contributed by atoms with Gasteiger partial charge in [0.25, 0.3) is 0 Å². The van der Waals surface area contributed by atoms with E-state index in [4.69, 9.17) is 4.98 Å². The minimum absolute atomic E-state index is 0.651. The summed E-state index contributed by atoms with van der Waals surface area (Å²) in [6, 6.07) is 9.10. The number of hydrogen-bond donors (Lipinski definition) is 1.